The van der Waals surface area contributed by atoms with E-state index in [-0.39, 0.29) is 22.8 Å². The van der Waals surface area contributed by atoms with Gasteiger partial charge in [-0.05, 0) is 67.8 Å². The Morgan fingerprint density at radius 3 is 2.32 bits per heavy atom. The molecule has 10 nitrogen and oxygen atoms in total. The lowest BCUT2D eigenvalue weighted by Gasteiger charge is -2.24. The second-order valence-electron chi connectivity index (χ2n) is 9.05. The maximum atomic E-state index is 13.6. The van der Waals surface area contributed by atoms with Crippen molar-refractivity contribution in [3.63, 3.8) is 0 Å². The van der Waals surface area contributed by atoms with E-state index in [1.807, 2.05) is 24.3 Å². The normalized spacial score (nSPS) is 13.3. The summed E-state index contributed by atoms with van der Waals surface area (Å²) < 4.78 is 33.4. The molecule has 1 N–H and O–H groups in total. The Bertz CT molecular complexity index is 1400. The largest absolute Gasteiger partial charge is 0.497 e. The van der Waals surface area contributed by atoms with Crippen molar-refractivity contribution in [1.29, 1.82) is 0 Å². The van der Waals surface area contributed by atoms with Crippen molar-refractivity contribution >= 4 is 33.0 Å². The molecule has 1 heterocycles. The molecule has 0 aliphatic carbocycles. The lowest BCUT2D eigenvalue weighted by molar-refractivity contribution is -0.385. The van der Waals surface area contributed by atoms with Crippen LogP contribution in [0.3, 0.4) is 0 Å². The molecule has 1 fully saturated rings. The predicted octanol–water partition coefficient (Wildman–Crippen LogP) is 4.02. The highest BCUT2D eigenvalue weighted by atomic mass is 32.2. The number of hydrogen-bond donors (Lipinski definition) is 1. The number of carbonyl (C=O) groups excluding carboxylic acids is 1. The number of methoxy groups -OCH3 is 1. The van der Waals surface area contributed by atoms with Gasteiger partial charge in [-0.15, -0.1) is 0 Å². The second-order valence-corrected chi connectivity index (χ2v) is 10.9. The van der Waals surface area contributed by atoms with Crippen molar-refractivity contribution in [2.45, 2.75) is 31.2 Å². The molecule has 11 heteroatoms. The van der Waals surface area contributed by atoms with Gasteiger partial charge in [0.1, 0.15) is 12.3 Å². The first-order valence-corrected chi connectivity index (χ1v) is 13.7. The summed E-state index contributed by atoms with van der Waals surface area (Å²) in [6.45, 7) is 3.32. The van der Waals surface area contributed by atoms with E-state index >= 15 is 0 Å². The van der Waals surface area contributed by atoms with Crippen LogP contribution in [0.1, 0.15) is 24.0 Å². The van der Waals surface area contributed by atoms with Crippen LogP contribution < -0.4 is 19.3 Å². The van der Waals surface area contributed by atoms with Crippen LogP contribution in [0, 0.1) is 17.0 Å². The molecule has 1 amide bonds. The molecule has 38 heavy (non-hydrogen) atoms. The maximum absolute atomic E-state index is 13.6. The smallest absolute Gasteiger partial charge is 0.273 e. The standard InChI is InChI=1S/C27H30N4O6S/c1-20-5-14-25(17-26(20)31(33)34)38(35,36)30(23-10-12-24(37-2)13-11-23)19-27(32)28-18-21-6-8-22(9-7-21)29-15-3-4-16-29/h5-14,17H,3-4,15-16,18-19H2,1-2H3,(H,28,32). The van der Waals surface area contributed by atoms with E-state index in [0.29, 0.717) is 11.3 Å². The van der Waals surface area contributed by atoms with Gasteiger partial charge in [0.05, 0.1) is 22.6 Å². The molecule has 0 saturated carbocycles. The molecular weight excluding hydrogens is 508 g/mol. The summed E-state index contributed by atoms with van der Waals surface area (Å²) >= 11 is 0. The highest BCUT2D eigenvalue weighted by Crippen LogP contribution is 2.29. The SMILES string of the molecule is COc1ccc(N(CC(=O)NCc2ccc(N3CCCC3)cc2)S(=O)(=O)c2ccc(C)c([N+](=O)[O-])c2)cc1. The van der Waals surface area contributed by atoms with Crippen LogP contribution in [0.4, 0.5) is 17.1 Å². The number of anilines is 2. The number of nitro benzene ring substituents is 1. The molecule has 3 aromatic carbocycles. The zero-order valence-corrected chi connectivity index (χ0v) is 22.1. The molecule has 0 aromatic heterocycles. The Hall–Kier alpha value is -4.12. The first-order valence-electron chi connectivity index (χ1n) is 12.2. The van der Waals surface area contributed by atoms with Gasteiger partial charge in [0, 0.05) is 37.0 Å². The predicted molar refractivity (Wildman–Crippen MR) is 145 cm³/mol. The molecule has 0 bridgehead atoms. The van der Waals surface area contributed by atoms with Gasteiger partial charge in [0.2, 0.25) is 5.91 Å². The molecule has 0 spiro atoms. The van der Waals surface area contributed by atoms with E-state index in [1.54, 1.807) is 12.1 Å². The number of ether oxygens (including phenoxy) is 1. The first-order chi connectivity index (χ1) is 18.2. The molecule has 1 aliphatic rings. The highest BCUT2D eigenvalue weighted by Gasteiger charge is 2.29. The van der Waals surface area contributed by atoms with Crippen molar-refractivity contribution in [3.05, 3.63) is 88.0 Å². The van der Waals surface area contributed by atoms with Gasteiger partial charge >= 0.3 is 0 Å². The van der Waals surface area contributed by atoms with Crippen LogP contribution in [0.2, 0.25) is 0 Å². The van der Waals surface area contributed by atoms with Crippen LogP contribution in [-0.4, -0.2) is 46.0 Å². The molecular formula is C27H30N4O6S. The van der Waals surface area contributed by atoms with Crippen molar-refractivity contribution < 1.29 is 22.9 Å². The number of nitrogens with one attached hydrogen (secondary N) is 1. The number of nitrogens with zero attached hydrogens (tertiary/aromatic N) is 3. The minimum atomic E-state index is -4.32. The zero-order valence-electron chi connectivity index (χ0n) is 21.3. The summed E-state index contributed by atoms with van der Waals surface area (Å²) in [6.07, 6.45) is 2.36. The molecule has 4 rings (SSSR count). The third-order valence-electron chi connectivity index (χ3n) is 6.51. The van der Waals surface area contributed by atoms with Crippen LogP contribution in [0.5, 0.6) is 5.75 Å². The molecule has 200 valence electrons. The number of nitro groups is 1. The van der Waals surface area contributed by atoms with E-state index in [1.165, 1.54) is 51.1 Å². The minimum Gasteiger partial charge on any atom is -0.497 e. The van der Waals surface area contributed by atoms with Crippen LogP contribution in [0.25, 0.3) is 0 Å². The summed E-state index contributed by atoms with van der Waals surface area (Å²) in [5, 5.41) is 14.2. The van der Waals surface area contributed by atoms with Gasteiger partial charge in [0.15, 0.2) is 0 Å². The third-order valence-corrected chi connectivity index (χ3v) is 8.28. The Morgan fingerprint density at radius 1 is 1.05 bits per heavy atom. The van der Waals surface area contributed by atoms with Gasteiger partial charge in [0.25, 0.3) is 15.7 Å². The lowest BCUT2D eigenvalue weighted by Crippen LogP contribution is -2.40. The molecule has 0 unspecified atom stereocenters. The van der Waals surface area contributed by atoms with E-state index in [4.69, 9.17) is 4.74 Å². The van der Waals surface area contributed by atoms with Crippen LogP contribution in [0.15, 0.2) is 71.6 Å². The number of rotatable bonds is 10. The molecule has 3 aromatic rings. The van der Waals surface area contributed by atoms with Crippen LogP contribution in [-0.2, 0) is 21.4 Å². The van der Waals surface area contributed by atoms with Gasteiger partial charge < -0.3 is 15.0 Å². The monoisotopic (exact) mass is 538 g/mol. The molecule has 1 saturated heterocycles. The summed E-state index contributed by atoms with van der Waals surface area (Å²) in [5.74, 6) is -0.00600. The number of benzene rings is 3. The summed E-state index contributed by atoms with van der Waals surface area (Å²) in [6, 6.07) is 17.8. The fraction of sp³-hybridized carbons (Fsp3) is 0.296. The number of carbonyl (C=O) groups is 1. The molecule has 1 aliphatic heterocycles. The topological polar surface area (TPSA) is 122 Å². The van der Waals surface area contributed by atoms with Gasteiger partial charge in [-0.25, -0.2) is 8.42 Å². The fourth-order valence-electron chi connectivity index (χ4n) is 4.32. The van der Waals surface area contributed by atoms with Gasteiger partial charge in [-0.3, -0.25) is 19.2 Å². The molecule has 0 radical (unpaired) electrons. The van der Waals surface area contributed by atoms with Gasteiger partial charge in [-0.1, -0.05) is 18.2 Å². The first kappa shape index (κ1) is 26.9. The number of aryl methyl sites for hydroxylation is 1. The van der Waals surface area contributed by atoms with E-state index < -0.39 is 27.4 Å². The van der Waals surface area contributed by atoms with Crippen molar-refractivity contribution in [2.75, 3.05) is 35.9 Å². The van der Waals surface area contributed by atoms with Gasteiger partial charge in [-0.2, -0.15) is 0 Å². The van der Waals surface area contributed by atoms with Crippen molar-refractivity contribution in [1.82, 2.24) is 5.32 Å². The number of amides is 1. The average Bonchev–Trinajstić information content (AvgIpc) is 3.46. The summed E-state index contributed by atoms with van der Waals surface area (Å²) in [4.78, 5) is 25.8. The Balaban J connectivity index is 1.54. The van der Waals surface area contributed by atoms with E-state index in [2.05, 4.69) is 10.2 Å². The Labute approximate surface area is 222 Å². The third kappa shape index (κ3) is 6.05. The van der Waals surface area contributed by atoms with E-state index in [0.717, 1.165) is 34.7 Å². The Kier molecular flexibility index (Phi) is 8.16. The average molecular weight is 539 g/mol. The minimum absolute atomic E-state index is 0.221. The fourth-order valence-corrected chi connectivity index (χ4v) is 5.77. The van der Waals surface area contributed by atoms with E-state index in [9.17, 15) is 23.3 Å². The highest BCUT2D eigenvalue weighted by molar-refractivity contribution is 7.92. The van der Waals surface area contributed by atoms with Crippen molar-refractivity contribution in [2.24, 2.45) is 0 Å². The summed E-state index contributed by atoms with van der Waals surface area (Å²) in [5.41, 5.74) is 2.26. The number of sulfonamides is 1. The van der Waals surface area contributed by atoms with Crippen LogP contribution >= 0.6 is 0 Å². The lowest BCUT2D eigenvalue weighted by atomic mass is 10.2. The molecule has 0 atom stereocenters. The second kappa shape index (κ2) is 11.5. The zero-order chi connectivity index (χ0) is 27.3. The Morgan fingerprint density at radius 2 is 1.71 bits per heavy atom. The quantitative estimate of drug-likeness (QED) is 0.306. The summed E-state index contributed by atoms with van der Waals surface area (Å²) in [7, 11) is -2.83. The number of hydrogen-bond acceptors (Lipinski definition) is 7. The maximum Gasteiger partial charge on any atom is 0.273 e. The van der Waals surface area contributed by atoms with Crippen molar-refractivity contribution in [3.8, 4) is 5.75 Å².